The minimum absolute atomic E-state index is 0.00143. The Bertz CT molecular complexity index is 1040. The Morgan fingerprint density at radius 1 is 0.968 bits per heavy atom. The molecule has 3 rings (SSSR count). The highest BCUT2D eigenvalue weighted by molar-refractivity contribution is 6.30. The molecular weight excluding hydrogens is 416 g/mol. The molecular formula is C23H23ClN4O3. The molecule has 7 nitrogen and oxygen atoms in total. The number of nitrogens with one attached hydrogen (secondary N) is 3. The average Bonchev–Trinajstić information content (AvgIpc) is 2.75. The largest absolute Gasteiger partial charge is 0.497 e. The molecule has 0 unspecified atom stereocenters. The number of para-hydroxylation sites is 2. The first-order valence-corrected chi connectivity index (χ1v) is 9.94. The third kappa shape index (κ3) is 6.38. The van der Waals surface area contributed by atoms with Gasteiger partial charge in [-0.1, -0.05) is 35.9 Å². The molecule has 31 heavy (non-hydrogen) atoms. The summed E-state index contributed by atoms with van der Waals surface area (Å²) in [6.45, 7) is 0. The predicted molar refractivity (Wildman–Crippen MR) is 123 cm³/mol. The van der Waals surface area contributed by atoms with E-state index in [0.717, 1.165) is 22.7 Å². The van der Waals surface area contributed by atoms with Crippen LogP contribution in [0.1, 0.15) is 18.0 Å². The van der Waals surface area contributed by atoms with Crippen LogP contribution in [0.15, 0.2) is 72.8 Å². The first kappa shape index (κ1) is 22.0. The number of rotatable bonds is 8. The van der Waals surface area contributed by atoms with Crippen molar-refractivity contribution < 1.29 is 14.3 Å². The van der Waals surface area contributed by atoms with Gasteiger partial charge in [-0.3, -0.25) is 4.79 Å². The van der Waals surface area contributed by atoms with Crippen molar-refractivity contribution in [3.05, 3.63) is 83.4 Å². The van der Waals surface area contributed by atoms with Crippen molar-refractivity contribution in [2.75, 3.05) is 17.7 Å². The number of halogens is 1. The molecule has 0 aliphatic heterocycles. The van der Waals surface area contributed by atoms with Gasteiger partial charge in [0.2, 0.25) is 5.91 Å². The first-order chi connectivity index (χ1) is 14.9. The fourth-order valence-corrected chi connectivity index (χ4v) is 3.16. The van der Waals surface area contributed by atoms with Crippen molar-refractivity contribution in [3.63, 3.8) is 0 Å². The number of primary amides is 1. The minimum atomic E-state index is -0.714. The van der Waals surface area contributed by atoms with Crippen molar-refractivity contribution in [1.29, 1.82) is 0 Å². The Hall–Kier alpha value is -3.71. The Balaban J connectivity index is 1.72. The molecule has 0 saturated carbocycles. The summed E-state index contributed by atoms with van der Waals surface area (Å²) in [5.74, 6) is 0.472. The van der Waals surface area contributed by atoms with Crippen LogP contribution in [0.5, 0.6) is 5.75 Å². The summed E-state index contributed by atoms with van der Waals surface area (Å²) in [6.07, 6.45) is 0.00143. The smallest absolute Gasteiger partial charge is 0.312 e. The molecule has 1 atom stereocenters. The number of methoxy groups -OCH3 is 1. The molecule has 0 aliphatic rings. The van der Waals surface area contributed by atoms with Crippen molar-refractivity contribution >= 4 is 40.6 Å². The summed E-state index contributed by atoms with van der Waals surface area (Å²) in [5.41, 5.74) is 8.20. The Morgan fingerprint density at radius 2 is 1.61 bits per heavy atom. The van der Waals surface area contributed by atoms with Crippen LogP contribution in [0.4, 0.5) is 21.9 Å². The van der Waals surface area contributed by atoms with Crippen molar-refractivity contribution in [1.82, 2.24) is 5.32 Å². The molecule has 0 radical (unpaired) electrons. The number of hydrogen-bond donors (Lipinski definition) is 4. The van der Waals surface area contributed by atoms with E-state index in [-0.39, 0.29) is 12.3 Å². The Kier molecular flexibility index (Phi) is 7.35. The number of hydrogen-bond acceptors (Lipinski definition) is 4. The molecule has 5 N–H and O–H groups in total. The van der Waals surface area contributed by atoms with Gasteiger partial charge >= 0.3 is 6.03 Å². The van der Waals surface area contributed by atoms with Gasteiger partial charge in [0, 0.05) is 10.7 Å². The van der Waals surface area contributed by atoms with E-state index in [4.69, 9.17) is 22.1 Å². The lowest BCUT2D eigenvalue weighted by molar-refractivity contribution is -0.116. The van der Waals surface area contributed by atoms with Crippen molar-refractivity contribution in [2.45, 2.75) is 12.5 Å². The van der Waals surface area contributed by atoms with Gasteiger partial charge in [0.25, 0.3) is 0 Å². The van der Waals surface area contributed by atoms with Crippen LogP contribution in [0.2, 0.25) is 5.02 Å². The van der Waals surface area contributed by atoms with Crippen LogP contribution < -0.4 is 26.4 Å². The fourth-order valence-electron chi connectivity index (χ4n) is 3.04. The number of benzene rings is 3. The summed E-state index contributed by atoms with van der Waals surface area (Å²) >= 11 is 5.93. The molecule has 160 valence electrons. The third-order valence-corrected chi connectivity index (χ3v) is 4.80. The Labute approximate surface area is 185 Å². The highest BCUT2D eigenvalue weighted by Crippen LogP contribution is 2.27. The van der Waals surface area contributed by atoms with E-state index < -0.39 is 12.1 Å². The molecule has 0 spiro atoms. The lowest BCUT2D eigenvalue weighted by atomic mass is 10.0. The molecule has 0 bridgehead atoms. The highest BCUT2D eigenvalue weighted by Gasteiger charge is 2.18. The SMILES string of the molecule is COc1ccc(Nc2ccccc2NC(=O)C[C@@H](NC(N)=O)c2ccc(Cl)cc2)cc1. The molecule has 8 heteroatoms. The standard InChI is InChI=1S/C23H23ClN4O3/c1-31-18-12-10-17(11-13-18)26-19-4-2-3-5-20(19)27-22(29)14-21(28-23(25)30)15-6-8-16(24)9-7-15/h2-13,21,26H,14H2,1H3,(H,27,29)(H3,25,28,30)/t21-/m1/s1. The quantitative estimate of drug-likeness (QED) is 0.404. The van der Waals surface area contributed by atoms with Gasteiger partial charge < -0.3 is 26.4 Å². The first-order valence-electron chi connectivity index (χ1n) is 9.56. The second-order valence-corrected chi connectivity index (χ2v) is 7.20. The van der Waals surface area contributed by atoms with E-state index in [1.165, 1.54) is 0 Å². The summed E-state index contributed by atoms with van der Waals surface area (Å²) < 4.78 is 5.17. The van der Waals surface area contributed by atoms with E-state index in [0.29, 0.717) is 10.7 Å². The van der Waals surface area contributed by atoms with Gasteiger partial charge in [0.05, 0.1) is 30.9 Å². The average molecular weight is 439 g/mol. The fraction of sp³-hybridized carbons (Fsp3) is 0.130. The van der Waals surface area contributed by atoms with Crippen LogP contribution in [-0.4, -0.2) is 19.0 Å². The lowest BCUT2D eigenvalue weighted by Gasteiger charge is -2.19. The van der Waals surface area contributed by atoms with Gasteiger partial charge in [-0.25, -0.2) is 4.79 Å². The predicted octanol–water partition coefficient (Wildman–Crippen LogP) is 4.83. The number of anilines is 3. The van der Waals surface area contributed by atoms with Crippen LogP contribution in [0, 0.1) is 0 Å². The second kappa shape index (κ2) is 10.4. The molecule has 0 aliphatic carbocycles. The van der Waals surface area contributed by atoms with Gasteiger partial charge in [-0.2, -0.15) is 0 Å². The zero-order chi connectivity index (χ0) is 22.2. The summed E-state index contributed by atoms with van der Waals surface area (Å²) in [7, 11) is 1.61. The van der Waals surface area contributed by atoms with E-state index in [2.05, 4.69) is 16.0 Å². The van der Waals surface area contributed by atoms with Crippen molar-refractivity contribution in [2.24, 2.45) is 5.73 Å². The number of carbonyl (C=O) groups excluding carboxylic acids is 2. The van der Waals surface area contributed by atoms with E-state index in [1.807, 2.05) is 42.5 Å². The van der Waals surface area contributed by atoms with Crippen LogP contribution >= 0.6 is 11.6 Å². The van der Waals surface area contributed by atoms with E-state index >= 15 is 0 Å². The van der Waals surface area contributed by atoms with Crippen LogP contribution in [0.25, 0.3) is 0 Å². The van der Waals surface area contributed by atoms with E-state index in [1.54, 1.807) is 37.4 Å². The maximum atomic E-state index is 12.8. The second-order valence-electron chi connectivity index (χ2n) is 6.76. The van der Waals surface area contributed by atoms with Gasteiger partial charge in [0.1, 0.15) is 5.75 Å². The molecule has 3 aromatic rings. The number of carbonyl (C=O) groups is 2. The van der Waals surface area contributed by atoms with E-state index in [9.17, 15) is 9.59 Å². The topological polar surface area (TPSA) is 105 Å². The van der Waals surface area contributed by atoms with Gasteiger partial charge in [-0.05, 0) is 54.1 Å². The zero-order valence-corrected chi connectivity index (χ0v) is 17.6. The molecule has 0 saturated heterocycles. The Morgan fingerprint density at radius 3 is 2.23 bits per heavy atom. The summed E-state index contributed by atoms with van der Waals surface area (Å²) in [6, 6.07) is 20.4. The van der Waals surface area contributed by atoms with Crippen LogP contribution in [-0.2, 0) is 4.79 Å². The lowest BCUT2D eigenvalue weighted by Crippen LogP contribution is -2.35. The van der Waals surface area contributed by atoms with Crippen molar-refractivity contribution in [3.8, 4) is 5.75 Å². The maximum absolute atomic E-state index is 12.8. The molecule has 3 aromatic carbocycles. The number of amides is 3. The molecule has 0 fully saturated rings. The summed E-state index contributed by atoms with van der Waals surface area (Å²) in [4.78, 5) is 24.2. The minimum Gasteiger partial charge on any atom is -0.497 e. The maximum Gasteiger partial charge on any atom is 0.312 e. The van der Waals surface area contributed by atoms with Crippen LogP contribution in [0.3, 0.4) is 0 Å². The number of nitrogens with two attached hydrogens (primary N) is 1. The number of urea groups is 1. The van der Waals surface area contributed by atoms with Gasteiger partial charge in [0.15, 0.2) is 0 Å². The van der Waals surface area contributed by atoms with Gasteiger partial charge in [-0.15, -0.1) is 0 Å². The highest BCUT2D eigenvalue weighted by atomic mass is 35.5. The molecule has 0 heterocycles. The zero-order valence-electron chi connectivity index (χ0n) is 16.9. The third-order valence-electron chi connectivity index (χ3n) is 4.55. The monoisotopic (exact) mass is 438 g/mol. The normalized spacial score (nSPS) is 11.3. The molecule has 0 aromatic heterocycles. The summed E-state index contributed by atoms with van der Waals surface area (Å²) in [5, 5.41) is 9.34. The molecule has 3 amide bonds. The number of ether oxygens (including phenoxy) is 1.